The lowest BCUT2D eigenvalue weighted by Crippen LogP contribution is -2.41. The first kappa shape index (κ1) is 8.96. The smallest absolute Gasteiger partial charge is 0.0148 e. The lowest BCUT2D eigenvalue weighted by atomic mass is 9.84. The van der Waals surface area contributed by atoms with Crippen molar-refractivity contribution in [2.45, 2.75) is 46.1 Å². The molecule has 0 aromatic carbocycles. The Kier molecular flexibility index (Phi) is 3.20. The van der Waals surface area contributed by atoms with Crippen molar-refractivity contribution in [3.05, 3.63) is 0 Å². The molecule has 9 heavy (non-hydrogen) atoms. The van der Waals surface area contributed by atoms with Gasteiger partial charge in [0, 0.05) is 5.54 Å². The minimum atomic E-state index is 0.0503. The second-order valence-electron chi connectivity index (χ2n) is 3.17. The first-order chi connectivity index (χ1) is 4.04. The molecule has 0 aromatic heterocycles. The zero-order valence-corrected chi connectivity index (χ0v) is 7.07. The molecule has 2 atom stereocenters. The van der Waals surface area contributed by atoms with E-state index in [9.17, 15) is 0 Å². The fraction of sp³-hybridized carbons (Fsp3) is 1.00. The van der Waals surface area contributed by atoms with E-state index >= 15 is 0 Å². The van der Waals surface area contributed by atoms with Crippen LogP contribution in [0.2, 0.25) is 0 Å². The van der Waals surface area contributed by atoms with Gasteiger partial charge >= 0.3 is 0 Å². The van der Waals surface area contributed by atoms with Gasteiger partial charge in [0.25, 0.3) is 0 Å². The summed E-state index contributed by atoms with van der Waals surface area (Å²) in [5, 5.41) is 0. The topological polar surface area (TPSA) is 26.0 Å². The van der Waals surface area contributed by atoms with Crippen LogP contribution in [0.1, 0.15) is 40.5 Å². The highest BCUT2D eigenvalue weighted by molar-refractivity contribution is 4.81. The maximum Gasteiger partial charge on any atom is 0.0148 e. The maximum atomic E-state index is 5.97. The molecule has 0 saturated carbocycles. The SMILES string of the molecule is CCC(C)[C@@](C)(N)CC. The highest BCUT2D eigenvalue weighted by Crippen LogP contribution is 2.19. The Morgan fingerprint density at radius 3 is 2.00 bits per heavy atom. The molecule has 1 heteroatoms. The molecule has 0 aliphatic heterocycles. The molecule has 0 aromatic rings. The van der Waals surface area contributed by atoms with Crippen molar-refractivity contribution in [3.8, 4) is 0 Å². The molecule has 0 heterocycles. The number of rotatable bonds is 3. The fourth-order valence-electron chi connectivity index (χ4n) is 0.815. The van der Waals surface area contributed by atoms with Gasteiger partial charge in [-0.2, -0.15) is 0 Å². The van der Waals surface area contributed by atoms with Gasteiger partial charge in [-0.25, -0.2) is 0 Å². The summed E-state index contributed by atoms with van der Waals surface area (Å²) in [6, 6.07) is 0. The Bertz CT molecular complexity index is 76.6. The number of hydrogen-bond acceptors (Lipinski definition) is 1. The molecule has 0 aliphatic rings. The first-order valence-corrected chi connectivity index (χ1v) is 3.83. The molecule has 0 aliphatic carbocycles. The molecule has 0 spiro atoms. The van der Waals surface area contributed by atoms with Gasteiger partial charge in [0.1, 0.15) is 0 Å². The van der Waals surface area contributed by atoms with E-state index in [4.69, 9.17) is 5.73 Å². The lowest BCUT2D eigenvalue weighted by Gasteiger charge is -2.29. The summed E-state index contributed by atoms with van der Waals surface area (Å²) in [5.74, 6) is 0.641. The average Bonchev–Trinajstić information content (AvgIpc) is 1.86. The van der Waals surface area contributed by atoms with E-state index in [0.29, 0.717) is 5.92 Å². The summed E-state index contributed by atoms with van der Waals surface area (Å²) >= 11 is 0. The van der Waals surface area contributed by atoms with Gasteiger partial charge in [-0.15, -0.1) is 0 Å². The van der Waals surface area contributed by atoms with E-state index in [1.807, 2.05) is 0 Å². The Morgan fingerprint density at radius 2 is 1.89 bits per heavy atom. The average molecular weight is 129 g/mol. The molecule has 0 bridgehead atoms. The molecule has 0 rings (SSSR count). The van der Waals surface area contributed by atoms with E-state index in [0.717, 1.165) is 6.42 Å². The van der Waals surface area contributed by atoms with Crippen molar-refractivity contribution in [1.82, 2.24) is 0 Å². The minimum Gasteiger partial charge on any atom is -0.325 e. The number of hydrogen-bond donors (Lipinski definition) is 1. The van der Waals surface area contributed by atoms with Crippen LogP contribution in [0, 0.1) is 5.92 Å². The van der Waals surface area contributed by atoms with Gasteiger partial charge in [0.05, 0.1) is 0 Å². The zero-order valence-electron chi connectivity index (χ0n) is 7.07. The van der Waals surface area contributed by atoms with Gasteiger partial charge in [0.15, 0.2) is 0 Å². The van der Waals surface area contributed by atoms with Crippen molar-refractivity contribution in [1.29, 1.82) is 0 Å². The third-order valence-electron chi connectivity index (χ3n) is 2.50. The zero-order chi connectivity index (χ0) is 7.49. The molecule has 2 N–H and O–H groups in total. The molecule has 0 amide bonds. The standard InChI is InChI=1S/C8H19N/c1-5-7(3)8(4,9)6-2/h7H,5-6,9H2,1-4H3/t7?,8-/m0/s1. The van der Waals surface area contributed by atoms with Gasteiger partial charge in [0.2, 0.25) is 0 Å². The van der Waals surface area contributed by atoms with Crippen molar-refractivity contribution in [2.75, 3.05) is 0 Å². The van der Waals surface area contributed by atoms with Gasteiger partial charge < -0.3 is 5.73 Å². The van der Waals surface area contributed by atoms with Crippen LogP contribution in [0.25, 0.3) is 0 Å². The molecule has 1 nitrogen and oxygen atoms in total. The van der Waals surface area contributed by atoms with Gasteiger partial charge in [-0.05, 0) is 19.3 Å². The van der Waals surface area contributed by atoms with Crippen LogP contribution in [0.5, 0.6) is 0 Å². The fourth-order valence-corrected chi connectivity index (χ4v) is 0.815. The van der Waals surface area contributed by atoms with Crippen LogP contribution in [-0.2, 0) is 0 Å². The molecular weight excluding hydrogens is 110 g/mol. The second kappa shape index (κ2) is 3.21. The first-order valence-electron chi connectivity index (χ1n) is 3.83. The number of nitrogens with two attached hydrogens (primary N) is 1. The van der Waals surface area contributed by atoms with Crippen LogP contribution in [0.3, 0.4) is 0 Å². The Hall–Kier alpha value is -0.0400. The summed E-state index contributed by atoms with van der Waals surface area (Å²) < 4.78 is 0. The largest absolute Gasteiger partial charge is 0.325 e. The van der Waals surface area contributed by atoms with Crippen molar-refractivity contribution < 1.29 is 0 Å². The van der Waals surface area contributed by atoms with E-state index in [1.165, 1.54) is 6.42 Å². The summed E-state index contributed by atoms with van der Waals surface area (Å²) in [4.78, 5) is 0. The highest BCUT2D eigenvalue weighted by atomic mass is 14.7. The van der Waals surface area contributed by atoms with Crippen LogP contribution < -0.4 is 5.73 Å². The van der Waals surface area contributed by atoms with Gasteiger partial charge in [-0.1, -0.05) is 27.2 Å². The molecule has 56 valence electrons. The van der Waals surface area contributed by atoms with Crippen LogP contribution in [-0.4, -0.2) is 5.54 Å². The van der Waals surface area contributed by atoms with Crippen molar-refractivity contribution >= 4 is 0 Å². The molecule has 1 unspecified atom stereocenters. The normalized spacial score (nSPS) is 21.0. The summed E-state index contributed by atoms with van der Waals surface area (Å²) in [7, 11) is 0. The minimum absolute atomic E-state index is 0.0503. The van der Waals surface area contributed by atoms with Crippen LogP contribution in [0.4, 0.5) is 0 Å². The Morgan fingerprint density at radius 1 is 1.44 bits per heavy atom. The van der Waals surface area contributed by atoms with Crippen molar-refractivity contribution in [2.24, 2.45) is 11.7 Å². The van der Waals surface area contributed by atoms with E-state index in [-0.39, 0.29) is 5.54 Å². The summed E-state index contributed by atoms with van der Waals surface area (Å²) in [6.45, 7) is 8.67. The third kappa shape index (κ3) is 2.35. The second-order valence-corrected chi connectivity index (χ2v) is 3.17. The van der Waals surface area contributed by atoms with Crippen LogP contribution >= 0.6 is 0 Å². The van der Waals surface area contributed by atoms with E-state index < -0.39 is 0 Å². The Labute approximate surface area is 58.6 Å². The Balaban J connectivity index is 3.80. The summed E-state index contributed by atoms with van der Waals surface area (Å²) in [5.41, 5.74) is 6.02. The highest BCUT2D eigenvalue weighted by Gasteiger charge is 2.21. The molecule has 0 saturated heterocycles. The molecular formula is C8H19N. The van der Waals surface area contributed by atoms with E-state index in [2.05, 4.69) is 27.7 Å². The lowest BCUT2D eigenvalue weighted by molar-refractivity contribution is 0.299. The van der Waals surface area contributed by atoms with Gasteiger partial charge in [-0.3, -0.25) is 0 Å². The predicted octanol–water partition coefficient (Wildman–Crippen LogP) is 2.16. The van der Waals surface area contributed by atoms with Crippen molar-refractivity contribution in [3.63, 3.8) is 0 Å². The molecule has 0 radical (unpaired) electrons. The summed E-state index contributed by atoms with van der Waals surface area (Å²) in [6.07, 6.45) is 2.25. The van der Waals surface area contributed by atoms with E-state index in [1.54, 1.807) is 0 Å². The quantitative estimate of drug-likeness (QED) is 0.621. The molecule has 0 fully saturated rings. The predicted molar refractivity (Wildman–Crippen MR) is 42.3 cm³/mol. The monoisotopic (exact) mass is 129 g/mol. The van der Waals surface area contributed by atoms with Crippen LogP contribution in [0.15, 0.2) is 0 Å². The third-order valence-corrected chi connectivity index (χ3v) is 2.50. The maximum absolute atomic E-state index is 5.97.